The minimum atomic E-state index is -3.03. The third-order valence-corrected chi connectivity index (χ3v) is 5.99. The standard InChI is InChI=1S/C15H22O3S/c1-18-11-4-5-12-19(16,17)15-10-6-8-13-7-2-3-9-14(13)15/h2-3,7,9,15H,4-6,8,10-12H2,1H3. The summed E-state index contributed by atoms with van der Waals surface area (Å²) in [5, 5.41) is -0.292. The molecule has 0 bridgehead atoms. The normalized spacial score (nSPS) is 19.1. The molecule has 3 nitrogen and oxygen atoms in total. The van der Waals surface area contributed by atoms with Crippen LogP contribution in [0.3, 0.4) is 0 Å². The average Bonchev–Trinajstić information content (AvgIpc) is 2.43. The van der Waals surface area contributed by atoms with Crippen molar-refractivity contribution in [1.82, 2.24) is 0 Å². The number of methoxy groups -OCH3 is 1. The van der Waals surface area contributed by atoms with Gasteiger partial charge in [-0.2, -0.15) is 0 Å². The molecule has 106 valence electrons. The zero-order chi connectivity index (χ0) is 13.7. The van der Waals surface area contributed by atoms with Crippen LogP contribution >= 0.6 is 0 Å². The Morgan fingerprint density at radius 1 is 1.26 bits per heavy atom. The summed E-state index contributed by atoms with van der Waals surface area (Å²) in [6.45, 7) is 0.636. The first-order chi connectivity index (χ1) is 9.15. The van der Waals surface area contributed by atoms with Gasteiger partial charge in [0.2, 0.25) is 0 Å². The summed E-state index contributed by atoms with van der Waals surface area (Å²) in [7, 11) is -1.39. The van der Waals surface area contributed by atoms with Crippen LogP contribution < -0.4 is 0 Å². The lowest BCUT2D eigenvalue weighted by Gasteiger charge is -2.25. The highest BCUT2D eigenvalue weighted by Gasteiger charge is 2.30. The Hall–Kier alpha value is -0.870. The minimum Gasteiger partial charge on any atom is -0.385 e. The molecule has 0 fully saturated rings. The quantitative estimate of drug-likeness (QED) is 0.754. The molecule has 1 aromatic carbocycles. The smallest absolute Gasteiger partial charge is 0.157 e. The third-order valence-electron chi connectivity index (χ3n) is 3.78. The van der Waals surface area contributed by atoms with Gasteiger partial charge in [-0.15, -0.1) is 0 Å². The predicted molar refractivity (Wildman–Crippen MR) is 77.0 cm³/mol. The number of sulfone groups is 1. The van der Waals surface area contributed by atoms with E-state index in [1.807, 2.05) is 18.2 Å². The van der Waals surface area contributed by atoms with Gasteiger partial charge in [-0.1, -0.05) is 24.3 Å². The zero-order valence-electron chi connectivity index (χ0n) is 11.5. The maximum absolute atomic E-state index is 12.5. The molecule has 0 saturated carbocycles. The van der Waals surface area contributed by atoms with Crippen LogP contribution in [0.5, 0.6) is 0 Å². The molecule has 0 saturated heterocycles. The molecule has 0 aromatic heterocycles. The van der Waals surface area contributed by atoms with E-state index in [1.165, 1.54) is 5.56 Å². The van der Waals surface area contributed by atoms with Crippen molar-refractivity contribution in [3.05, 3.63) is 35.4 Å². The summed E-state index contributed by atoms with van der Waals surface area (Å²) in [6, 6.07) is 7.97. The van der Waals surface area contributed by atoms with Crippen LogP contribution in [0.4, 0.5) is 0 Å². The van der Waals surface area contributed by atoms with Gasteiger partial charge < -0.3 is 4.74 Å². The second-order valence-corrected chi connectivity index (χ2v) is 7.45. The first-order valence-electron chi connectivity index (χ1n) is 6.93. The molecule has 2 rings (SSSR count). The fourth-order valence-corrected chi connectivity index (χ4v) is 4.81. The summed E-state index contributed by atoms with van der Waals surface area (Å²) in [5.74, 6) is 0.273. The molecule has 4 heteroatoms. The van der Waals surface area contributed by atoms with E-state index in [4.69, 9.17) is 4.74 Å². The van der Waals surface area contributed by atoms with Crippen LogP contribution in [-0.2, 0) is 21.0 Å². The average molecular weight is 282 g/mol. The Morgan fingerprint density at radius 3 is 2.84 bits per heavy atom. The van der Waals surface area contributed by atoms with Gasteiger partial charge >= 0.3 is 0 Å². The van der Waals surface area contributed by atoms with E-state index < -0.39 is 9.84 Å². The van der Waals surface area contributed by atoms with Crippen molar-refractivity contribution in [2.24, 2.45) is 0 Å². The lowest BCUT2D eigenvalue weighted by Crippen LogP contribution is -2.21. The Labute approximate surface area is 115 Å². The molecule has 0 heterocycles. The van der Waals surface area contributed by atoms with Crippen molar-refractivity contribution in [3.63, 3.8) is 0 Å². The first kappa shape index (κ1) is 14.5. The van der Waals surface area contributed by atoms with Crippen LogP contribution in [0.1, 0.15) is 42.1 Å². The summed E-state index contributed by atoms with van der Waals surface area (Å²) < 4.78 is 29.9. The van der Waals surface area contributed by atoms with Crippen LogP contribution in [0.25, 0.3) is 0 Å². The van der Waals surface area contributed by atoms with Crippen LogP contribution in [0, 0.1) is 0 Å². The molecule has 0 amide bonds. The molecule has 0 N–H and O–H groups in total. The summed E-state index contributed by atoms with van der Waals surface area (Å²) in [6.07, 6.45) is 4.24. The predicted octanol–water partition coefficient (Wildman–Crippen LogP) is 2.91. The monoisotopic (exact) mass is 282 g/mol. The van der Waals surface area contributed by atoms with E-state index in [0.717, 1.165) is 31.2 Å². The molecule has 0 spiro atoms. The third kappa shape index (κ3) is 3.57. The van der Waals surface area contributed by atoms with Gasteiger partial charge in [-0.25, -0.2) is 8.42 Å². The Kier molecular flexibility index (Phi) is 4.99. The highest BCUT2D eigenvalue weighted by Crippen LogP contribution is 2.36. The second kappa shape index (κ2) is 6.53. The number of fused-ring (bicyclic) bond motifs is 1. The highest BCUT2D eigenvalue weighted by molar-refractivity contribution is 7.91. The lowest BCUT2D eigenvalue weighted by molar-refractivity contribution is 0.194. The number of hydrogen-bond donors (Lipinski definition) is 0. The SMILES string of the molecule is COCCCCS(=O)(=O)C1CCCc2ccccc21. The van der Waals surface area contributed by atoms with E-state index in [9.17, 15) is 8.42 Å². The molecule has 1 aliphatic carbocycles. The first-order valence-corrected chi connectivity index (χ1v) is 8.65. The molecule has 0 aliphatic heterocycles. The number of ether oxygens (including phenoxy) is 1. The van der Waals surface area contributed by atoms with Crippen molar-refractivity contribution in [3.8, 4) is 0 Å². The van der Waals surface area contributed by atoms with Gasteiger partial charge in [0, 0.05) is 13.7 Å². The molecule has 0 radical (unpaired) electrons. The number of rotatable bonds is 6. The maximum Gasteiger partial charge on any atom is 0.157 e. The van der Waals surface area contributed by atoms with Crippen LogP contribution in [-0.4, -0.2) is 27.9 Å². The van der Waals surface area contributed by atoms with Gasteiger partial charge in [0.15, 0.2) is 9.84 Å². The molecule has 19 heavy (non-hydrogen) atoms. The fraction of sp³-hybridized carbons (Fsp3) is 0.600. The van der Waals surface area contributed by atoms with Crippen LogP contribution in [0.15, 0.2) is 24.3 Å². The molecule has 1 aromatic rings. The molecule has 1 atom stereocenters. The van der Waals surface area contributed by atoms with Crippen molar-refractivity contribution in [1.29, 1.82) is 0 Å². The van der Waals surface area contributed by atoms with Crippen molar-refractivity contribution in [2.75, 3.05) is 19.5 Å². The van der Waals surface area contributed by atoms with Crippen molar-refractivity contribution >= 4 is 9.84 Å². The maximum atomic E-state index is 12.5. The summed E-state index contributed by atoms with van der Waals surface area (Å²) in [4.78, 5) is 0. The lowest BCUT2D eigenvalue weighted by atomic mass is 9.91. The molecular formula is C15H22O3S. The second-order valence-electron chi connectivity index (χ2n) is 5.15. The number of aryl methyl sites for hydroxylation is 1. The topological polar surface area (TPSA) is 43.4 Å². The van der Waals surface area contributed by atoms with E-state index in [1.54, 1.807) is 7.11 Å². The van der Waals surface area contributed by atoms with E-state index in [0.29, 0.717) is 13.0 Å². The van der Waals surface area contributed by atoms with Crippen molar-refractivity contribution < 1.29 is 13.2 Å². The summed E-state index contributed by atoms with van der Waals surface area (Å²) >= 11 is 0. The van der Waals surface area contributed by atoms with Gasteiger partial charge in [0.1, 0.15) is 0 Å². The van der Waals surface area contributed by atoms with E-state index in [2.05, 4.69) is 6.07 Å². The number of hydrogen-bond acceptors (Lipinski definition) is 3. The van der Waals surface area contributed by atoms with Gasteiger partial charge in [-0.05, 0) is 43.2 Å². The van der Waals surface area contributed by atoms with Gasteiger partial charge in [0.05, 0.1) is 11.0 Å². The Bertz CT molecular complexity index is 508. The Morgan fingerprint density at radius 2 is 2.05 bits per heavy atom. The zero-order valence-corrected chi connectivity index (χ0v) is 12.3. The van der Waals surface area contributed by atoms with Gasteiger partial charge in [-0.3, -0.25) is 0 Å². The molecule has 1 aliphatic rings. The molecular weight excluding hydrogens is 260 g/mol. The summed E-state index contributed by atoms with van der Waals surface area (Å²) in [5.41, 5.74) is 2.24. The molecule has 1 unspecified atom stereocenters. The van der Waals surface area contributed by atoms with Crippen molar-refractivity contribution in [2.45, 2.75) is 37.4 Å². The number of unbranched alkanes of at least 4 members (excludes halogenated alkanes) is 1. The fourth-order valence-electron chi connectivity index (χ4n) is 2.77. The van der Waals surface area contributed by atoms with Gasteiger partial charge in [0.25, 0.3) is 0 Å². The largest absolute Gasteiger partial charge is 0.385 e. The minimum absolute atomic E-state index is 0.273. The van der Waals surface area contributed by atoms with E-state index in [-0.39, 0.29) is 11.0 Å². The highest BCUT2D eigenvalue weighted by atomic mass is 32.2. The van der Waals surface area contributed by atoms with E-state index >= 15 is 0 Å². The number of benzene rings is 1. The van der Waals surface area contributed by atoms with Crippen LogP contribution in [0.2, 0.25) is 0 Å². The Balaban J connectivity index is 2.09.